The van der Waals surface area contributed by atoms with E-state index in [-0.39, 0.29) is 24.1 Å². The van der Waals surface area contributed by atoms with Gasteiger partial charge in [-0.15, -0.1) is 0 Å². The number of nitrogens with zero attached hydrogens (tertiary/aromatic N) is 6. The summed E-state index contributed by atoms with van der Waals surface area (Å²) in [5.74, 6) is 1.81. The lowest BCUT2D eigenvalue weighted by Crippen LogP contribution is -2.58. The molecule has 0 aromatic carbocycles. The van der Waals surface area contributed by atoms with Gasteiger partial charge in [-0.3, -0.25) is 9.80 Å². The molecule has 4 aliphatic carbocycles. The van der Waals surface area contributed by atoms with Gasteiger partial charge in [0, 0.05) is 51.4 Å². The van der Waals surface area contributed by atoms with Crippen LogP contribution in [0.4, 0.5) is 9.59 Å². The van der Waals surface area contributed by atoms with Crippen LogP contribution in [0, 0.1) is 0 Å². The summed E-state index contributed by atoms with van der Waals surface area (Å²) in [6.07, 6.45) is 28.6. The Morgan fingerprint density at radius 1 is 0.473 bits per heavy atom. The van der Waals surface area contributed by atoms with Crippen molar-refractivity contribution in [3.8, 4) is 0 Å². The van der Waals surface area contributed by atoms with Crippen molar-refractivity contribution >= 4 is 24.0 Å². The van der Waals surface area contributed by atoms with E-state index in [9.17, 15) is 9.59 Å². The van der Waals surface area contributed by atoms with Gasteiger partial charge in [0.25, 0.3) is 0 Å². The van der Waals surface area contributed by atoms with Gasteiger partial charge in [0.1, 0.15) is 0 Å². The van der Waals surface area contributed by atoms with Crippen LogP contribution in [0.5, 0.6) is 0 Å². The standard InChI is InChI=1S/C43H76N8O4/c52-42(50(38-22-12-6-13-23-38)40(48-28-32-54-33-29-48)46-36-18-8-4-9-19-36)44-26-16-2-1-3-17-27-45-43(53)51(39-24-14-7-15-25-39)41(49-30-34-55-35-31-49)47-37-20-10-5-11-21-37/h36-39H,1-35H2,(H,44,52)(H,45,53). The number of guanidine groups is 2. The molecule has 4 saturated carbocycles. The van der Waals surface area contributed by atoms with Crippen LogP contribution in [0.25, 0.3) is 0 Å². The second-order valence-corrected chi connectivity index (χ2v) is 17.2. The second kappa shape index (κ2) is 23.6. The molecule has 0 bridgehead atoms. The summed E-state index contributed by atoms with van der Waals surface area (Å²) in [6, 6.07) is 1.11. The van der Waals surface area contributed by atoms with Crippen LogP contribution in [0.15, 0.2) is 9.98 Å². The molecule has 0 unspecified atom stereocenters. The lowest BCUT2D eigenvalue weighted by Gasteiger charge is -2.41. The number of aliphatic imine (C=N–C) groups is 2. The van der Waals surface area contributed by atoms with Gasteiger partial charge in [0.05, 0.1) is 38.5 Å². The number of carbonyl (C=O) groups is 2. The first-order chi connectivity index (χ1) is 27.2. The maximum atomic E-state index is 14.1. The lowest BCUT2D eigenvalue weighted by molar-refractivity contribution is 0.0605. The summed E-state index contributed by atoms with van der Waals surface area (Å²) in [6.45, 7) is 7.31. The van der Waals surface area contributed by atoms with Gasteiger partial charge in [-0.25, -0.2) is 19.6 Å². The number of hydrogen-bond donors (Lipinski definition) is 2. The maximum absolute atomic E-state index is 14.1. The molecule has 2 N–H and O–H groups in total. The van der Waals surface area contributed by atoms with Gasteiger partial charge < -0.3 is 29.9 Å². The Bertz CT molecular complexity index is 1090. The van der Waals surface area contributed by atoms with Gasteiger partial charge in [-0.1, -0.05) is 96.3 Å². The number of carbonyl (C=O) groups excluding carboxylic acids is 2. The summed E-state index contributed by atoms with van der Waals surface area (Å²) >= 11 is 0. The van der Waals surface area contributed by atoms with Crippen molar-refractivity contribution in [2.24, 2.45) is 9.98 Å². The van der Waals surface area contributed by atoms with E-state index in [0.29, 0.717) is 51.6 Å². The highest BCUT2D eigenvalue weighted by Gasteiger charge is 2.35. The summed E-state index contributed by atoms with van der Waals surface area (Å²) in [4.78, 5) is 47.6. The molecule has 6 rings (SSSR count). The smallest absolute Gasteiger partial charge is 0.324 e. The number of rotatable bonds is 12. The molecule has 6 aliphatic rings. The molecule has 312 valence electrons. The van der Waals surface area contributed by atoms with Gasteiger partial charge in [0.2, 0.25) is 11.9 Å². The monoisotopic (exact) mass is 769 g/mol. The molecule has 2 heterocycles. The van der Waals surface area contributed by atoms with Crippen LogP contribution in [0.3, 0.4) is 0 Å². The van der Waals surface area contributed by atoms with E-state index in [0.717, 1.165) is 122 Å². The highest BCUT2D eigenvalue weighted by atomic mass is 16.5. The molecular formula is C43H76N8O4. The number of urea groups is 2. The Hall–Kier alpha value is -2.60. The normalized spacial score (nSPS) is 23.4. The van der Waals surface area contributed by atoms with Crippen molar-refractivity contribution < 1.29 is 19.1 Å². The van der Waals surface area contributed by atoms with Gasteiger partial charge in [-0.05, 0) is 64.2 Å². The van der Waals surface area contributed by atoms with Crippen LogP contribution in [0.1, 0.15) is 161 Å². The minimum absolute atomic E-state index is 0.0293. The summed E-state index contributed by atoms with van der Waals surface area (Å²) < 4.78 is 11.4. The van der Waals surface area contributed by atoms with Crippen LogP contribution >= 0.6 is 0 Å². The zero-order chi connectivity index (χ0) is 37.9. The van der Waals surface area contributed by atoms with Crippen molar-refractivity contribution in [1.29, 1.82) is 0 Å². The highest BCUT2D eigenvalue weighted by Crippen LogP contribution is 2.28. The summed E-state index contributed by atoms with van der Waals surface area (Å²) in [5.41, 5.74) is 0. The number of amides is 4. The molecule has 0 radical (unpaired) electrons. The molecule has 2 aliphatic heterocycles. The van der Waals surface area contributed by atoms with Crippen LogP contribution in [-0.2, 0) is 9.47 Å². The maximum Gasteiger partial charge on any atom is 0.324 e. The molecule has 0 aromatic heterocycles. The van der Waals surface area contributed by atoms with Crippen LogP contribution in [-0.4, -0.2) is 133 Å². The third-order valence-electron chi connectivity index (χ3n) is 13.0. The van der Waals surface area contributed by atoms with E-state index >= 15 is 0 Å². The Kier molecular flexibility index (Phi) is 18.0. The average Bonchev–Trinajstić information content (AvgIpc) is 3.25. The largest absolute Gasteiger partial charge is 0.378 e. The predicted octanol–water partition coefficient (Wildman–Crippen LogP) is 7.67. The molecule has 6 fully saturated rings. The Labute approximate surface area is 333 Å². The number of hydrogen-bond acceptors (Lipinski definition) is 6. The van der Waals surface area contributed by atoms with Crippen molar-refractivity contribution in [2.45, 2.75) is 185 Å². The molecular weight excluding hydrogens is 693 g/mol. The zero-order valence-corrected chi connectivity index (χ0v) is 34.4. The topological polar surface area (TPSA) is 114 Å². The zero-order valence-electron chi connectivity index (χ0n) is 34.4. The fourth-order valence-electron chi connectivity index (χ4n) is 9.73. The molecule has 4 amide bonds. The predicted molar refractivity (Wildman–Crippen MR) is 221 cm³/mol. The molecule has 12 heteroatoms. The molecule has 55 heavy (non-hydrogen) atoms. The molecule has 12 nitrogen and oxygen atoms in total. The third kappa shape index (κ3) is 13.2. The lowest BCUT2D eigenvalue weighted by atomic mass is 9.94. The third-order valence-corrected chi connectivity index (χ3v) is 13.0. The Balaban J connectivity index is 0.971. The molecule has 0 atom stereocenters. The highest BCUT2D eigenvalue weighted by molar-refractivity contribution is 5.97. The van der Waals surface area contributed by atoms with Gasteiger partial charge in [0.15, 0.2) is 0 Å². The van der Waals surface area contributed by atoms with Crippen LogP contribution in [0.2, 0.25) is 0 Å². The van der Waals surface area contributed by atoms with Gasteiger partial charge in [-0.2, -0.15) is 0 Å². The molecule has 0 spiro atoms. The van der Waals surface area contributed by atoms with Crippen LogP contribution < -0.4 is 10.6 Å². The van der Waals surface area contributed by atoms with E-state index in [1.807, 2.05) is 0 Å². The number of nitrogens with one attached hydrogen (secondary N) is 2. The Morgan fingerprint density at radius 3 is 1.16 bits per heavy atom. The fourth-order valence-corrected chi connectivity index (χ4v) is 9.73. The first-order valence-corrected chi connectivity index (χ1v) is 23.1. The van der Waals surface area contributed by atoms with E-state index < -0.39 is 0 Å². The second-order valence-electron chi connectivity index (χ2n) is 17.2. The minimum Gasteiger partial charge on any atom is -0.378 e. The SMILES string of the molecule is O=C(NCCCCCCCNC(=O)N(C(=NC1CCCCC1)N1CCOCC1)C1CCCCC1)N(C(=NC1CCCCC1)N1CCOCC1)C1CCCCC1. The quantitative estimate of drug-likeness (QED) is 0.120. The van der Waals surface area contributed by atoms with E-state index in [2.05, 4.69) is 30.2 Å². The Morgan fingerprint density at radius 2 is 0.800 bits per heavy atom. The fraction of sp³-hybridized carbons (Fsp3) is 0.907. The van der Waals surface area contributed by atoms with Crippen molar-refractivity contribution in [3.63, 3.8) is 0 Å². The van der Waals surface area contributed by atoms with E-state index in [1.54, 1.807) is 0 Å². The molecule has 0 aromatic rings. The van der Waals surface area contributed by atoms with Crippen molar-refractivity contribution in [3.05, 3.63) is 0 Å². The summed E-state index contributed by atoms with van der Waals surface area (Å²) in [7, 11) is 0. The summed E-state index contributed by atoms with van der Waals surface area (Å²) in [5, 5.41) is 6.65. The average molecular weight is 769 g/mol. The van der Waals surface area contributed by atoms with Crippen molar-refractivity contribution in [2.75, 3.05) is 65.7 Å². The minimum atomic E-state index is 0.0293. The number of unbranched alkanes of at least 4 members (excludes halogenated alkanes) is 4. The first-order valence-electron chi connectivity index (χ1n) is 23.1. The number of morpholine rings is 2. The van der Waals surface area contributed by atoms with Gasteiger partial charge >= 0.3 is 12.1 Å². The number of ether oxygens (including phenoxy) is 2. The first kappa shape index (κ1) is 42.0. The van der Waals surface area contributed by atoms with E-state index in [1.165, 1.54) is 77.0 Å². The van der Waals surface area contributed by atoms with E-state index in [4.69, 9.17) is 19.5 Å². The van der Waals surface area contributed by atoms with Crippen molar-refractivity contribution in [1.82, 2.24) is 30.2 Å². The molecule has 2 saturated heterocycles.